The number of aliphatic hydroxyl groups excluding tert-OH is 1. The first-order chi connectivity index (χ1) is 17.3. The standard InChI is InChI=1S/C25H41N5O7/c1-14(2)12-19(23(34)30-20(25(36)37)13-16-7-9-17(32)10-8-16)29-22(33)18(6-4-5-11-26)28-24(35)21(27)15(3)31/h7-10,14-15,18-21,31-32H,4-6,11-13,26-27H2,1-3H3,(H,28,35)(H,29,33)(H,30,34)(H,36,37). The highest BCUT2D eigenvalue weighted by Crippen LogP contribution is 2.13. The van der Waals surface area contributed by atoms with Gasteiger partial charge < -0.3 is 42.7 Å². The number of hydrogen-bond acceptors (Lipinski definition) is 8. The van der Waals surface area contributed by atoms with Gasteiger partial charge in [-0.25, -0.2) is 4.79 Å². The van der Waals surface area contributed by atoms with Crippen molar-refractivity contribution in [1.82, 2.24) is 16.0 Å². The van der Waals surface area contributed by atoms with Crippen molar-refractivity contribution >= 4 is 23.7 Å². The quantitative estimate of drug-likeness (QED) is 0.129. The Kier molecular flexibility index (Phi) is 13.6. The van der Waals surface area contributed by atoms with E-state index in [-0.39, 0.29) is 30.9 Å². The predicted molar refractivity (Wildman–Crippen MR) is 137 cm³/mol. The van der Waals surface area contributed by atoms with Crippen LogP contribution in [-0.4, -0.2) is 75.8 Å². The Balaban J connectivity index is 3.02. The molecule has 0 heterocycles. The minimum atomic E-state index is -1.27. The topological polar surface area (TPSA) is 217 Å². The summed E-state index contributed by atoms with van der Waals surface area (Å²) in [6.45, 7) is 5.44. The maximum atomic E-state index is 13.1. The summed E-state index contributed by atoms with van der Waals surface area (Å²) in [6.07, 6.45) is 0.422. The van der Waals surface area contributed by atoms with E-state index in [1.165, 1.54) is 19.1 Å². The van der Waals surface area contributed by atoms with E-state index in [0.717, 1.165) is 0 Å². The Morgan fingerprint density at radius 1 is 0.865 bits per heavy atom. The minimum absolute atomic E-state index is 0.0228. The van der Waals surface area contributed by atoms with Gasteiger partial charge in [0.05, 0.1) is 6.10 Å². The number of unbranched alkanes of at least 4 members (excludes halogenated alkanes) is 1. The van der Waals surface area contributed by atoms with E-state index in [1.807, 2.05) is 13.8 Å². The lowest BCUT2D eigenvalue weighted by atomic mass is 10.00. The molecule has 1 rings (SSSR count). The first kappa shape index (κ1) is 31.8. The molecule has 0 saturated heterocycles. The average Bonchev–Trinajstić information content (AvgIpc) is 2.82. The van der Waals surface area contributed by atoms with Gasteiger partial charge in [-0.15, -0.1) is 0 Å². The normalized spacial score (nSPS) is 15.2. The molecule has 10 N–H and O–H groups in total. The van der Waals surface area contributed by atoms with Crippen molar-refractivity contribution in [3.8, 4) is 5.75 Å². The van der Waals surface area contributed by atoms with Crippen LogP contribution in [0.4, 0.5) is 0 Å². The number of benzene rings is 1. The predicted octanol–water partition coefficient (Wildman–Crippen LogP) is -0.643. The van der Waals surface area contributed by atoms with Crippen molar-refractivity contribution in [1.29, 1.82) is 0 Å². The second-order valence-corrected chi connectivity index (χ2v) is 9.57. The van der Waals surface area contributed by atoms with Gasteiger partial charge in [0.15, 0.2) is 0 Å². The van der Waals surface area contributed by atoms with Crippen molar-refractivity contribution in [3.63, 3.8) is 0 Å². The minimum Gasteiger partial charge on any atom is -0.508 e. The Hall–Kier alpha value is -3.22. The van der Waals surface area contributed by atoms with Gasteiger partial charge in [-0.2, -0.15) is 0 Å². The number of rotatable bonds is 16. The van der Waals surface area contributed by atoms with Crippen LogP contribution in [0.15, 0.2) is 24.3 Å². The summed E-state index contributed by atoms with van der Waals surface area (Å²) in [5, 5.41) is 36.3. The summed E-state index contributed by atoms with van der Waals surface area (Å²) in [5.41, 5.74) is 11.8. The summed E-state index contributed by atoms with van der Waals surface area (Å²) in [5.74, 6) is -3.27. The molecule has 0 aliphatic rings. The van der Waals surface area contributed by atoms with Crippen LogP contribution in [0, 0.1) is 5.92 Å². The number of carbonyl (C=O) groups is 4. The number of carboxylic acid groups (broad SMARTS) is 1. The van der Waals surface area contributed by atoms with Gasteiger partial charge in [0.25, 0.3) is 0 Å². The molecule has 1 aromatic rings. The average molecular weight is 524 g/mol. The lowest BCUT2D eigenvalue weighted by Gasteiger charge is -2.26. The fraction of sp³-hybridized carbons (Fsp3) is 0.600. The lowest BCUT2D eigenvalue weighted by Crippen LogP contribution is -2.58. The number of aliphatic carboxylic acids is 1. The largest absolute Gasteiger partial charge is 0.508 e. The highest BCUT2D eigenvalue weighted by molar-refractivity contribution is 5.94. The third kappa shape index (κ3) is 11.6. The molecule has 0 spiro atoms. The summed E-state index contributed by atoms with van der Waals surface area (Å²) >= 11 is 0. The van der Waals surface area contributed by atoms with Crippen LogP contribution in [0.25, 0.3) is 0 Å². The summed E-state index contributed by atoms with van der Waals surface area (Å²) in [7, 11) is 0. The molecule has 0 saturated carbocycles. The number of aromatic hydroxyl groups is 1. The summed E-state index contributed by atoms with van der Waals surface area (Å²) in [6, 6.07) is 1.34. The number of hydrogen-bond donors (Lipinski definition) is 8. The summed E-state index contributed by atoms with van der Waals surface area (Å²) in [4.78, 5) is 50.4. The van der Waals surface area contributed by atoms with Gasteiger partial charge >= 0.3 is 5.97 Å². The Bertz CT molecular complexity index is 892. The molecule has 1 aromatic carbocycles. The number of carboxylic acids is 1. The second kappa shape index (κ2) is 15.8. The molecule has 37 heavy (non-hydrogen) atoms. The molecule has 0 bridgehead atoms. The van der Waals surface area contributed by atoms with Crippen molar-refractivity contribution < 1.29 is 34.5 Å². The molecule has 0 aliphatic heterocycles. The maximum absolute atomic E-state index is 13.1. The number of aliphatic hydroxyl groups is 1. The van der Waals surface area contributed by atoms with E-state index in [2.05, 4.69) is 16.0 Å². The molecular weight excluding hydrogens is 482 g/mol. The number of phenols is 1. The van der Waals surface area contributed by atoms with Gasteiger partial charge in [-0.05, 0) is 62.8 Å². The third-order valence-corrected chi connectivity index (χ3v) is 5.73. The van der Waals surface area contributed by atoms with Crippen LogP contribution in [0.3, 0.4) is 0 Å². The molecule has 12 heteroatoms. The number of carbonyl (C=O) groups excluding carboxylic acids is 3. The molecule has 5 atom stereocenters. The van der Waals surface area contributed by atoms with Crippen LogP contribution in [0.5, 0.6) is 5.75 Å². The van der Waals surface area contributed by atoms with E-state index in [9.17, 15) is 34.5 Å². The Morgan fingerprint density at radius 3 is 1.92 bits per heavy atom. The number of nitrogens with two attached hydrogens (primary N) is 2. The van der Waals surface area contributed by atoms with Crippen molar-refractivity contribution in [2.45, 2.75) is 83.1 Å². The van der Waals surface area contributed by atoms with Crippen molar-refractivity contribution in [2.75, 3.05) is 6.54 Å². The zero-order valence-electron chi connectivity index (χ0n) is 21.6. The zero-order valence-corrected chi connectivity index (χ0v) is 21.6. The number of phenolic OH excluding ortho intramolecular Hbond substituents is 1. The SMILES string of the molecule is CC(C)CC(NC(=O)C(CCCCN)NC(=O)C(N)C(C)O)C(=O)NC(Cc1ccc(O)cc1)C(=O)O. The first-order valence-corrected chi connectivity index (χ1v) is 12.4. The van der Waals surface area contributed by atoms with E-state index < -0.39 is 54.0 Å². The van der Waals surface area contributed by atoms with E-state index in [4.69, 9.17) is 11.5 Å². The Morgan fingerprint density at radius 2 is 1.41 bits per heavy atom. The fourth-order valence-electron chi connectivity index (χ4n) is 3.56. The first-order valence-electron chi connectivity index (χ1n) is 12.4. The van der Waals surface area contributed by atoms with Crippen molar-refractivity contribution in [2.24, 2.45) is 17.4 Å². The number of amides is 3. The smallest absolute Gasteiger partial charge is 0.326 e. The van der Waals surface area contributed by atoms with Gasteiger partial charge in [-0.3, -0.25) is 14.4 Å². The molecule has 3 amide bonds. The van der Waals surface area contributed by atoms with Crippen molar-refractivity contribution in [3.05, 3.63) is 29.8 Å². The molecule has 0 radical (unpaired) electrons. The fourth-order valence-corrected chi connectivity index (χ4v) is 3.56. The highest BCUT2D eigenvalue weighted by Gasteiger charge is 2.31. The van der Waals surface area contributed by atoms with E-state index in [0.29, 0.717) is 24.9 Å². The summed E-state index contributed by atoms with van der Waals surface area (Å²) < 4.78 is 0. The zero-order chi connectivity index (χ0) is 28.1. The highest BCUT2D eigenvalue weighted by atomic mass is 16.4. The van der Waals surface area contributed by atoms with Gasteiger partial charge in [0.1, 0.15) is 29.9 Å². The molecule has 12 nitrogen and oxygen atoms in total. The van der Waals surface area contributed by atoms with E-state index >= 15 is 0 Å². The van der Waals surface area contributed by atoms with Crippen LogP contribution >= 0.6 is 0 Å². The molecule has 0 aliphatic carbocycles. The third-order valence-electron chi connectivity index (χ3n) is 5.73. The molecule has 0 aromatic heterocycles. The maximum Gasteiger partial charge on any atom is 0.326 e. The molecule has 208 valence electrons. The van der Waals surface area contributed by atoms with Gasteiger partial charge in [0.2, 0.25) is 17.7 Å². The molecule has 5 unspecified atom stereocenters. The van der Waals surface area contributed by atoms with Crippen LogP contribution in [-0.2, 0) is 25.6 Å². The van der Waals surface area contributed by atoms with Gasteiger partial charge in [0, 0.05) is 6.42 Å². The van der Waals surface area contributed by atoms with E-state index in [1.54, 1.807) is 12.1 Å². The molecule has 0 fully saturated rings. The van der Waals surface area contributed by atoms with Crippen LogP contribution in [0.2, 0.25) is 0 Å². The molecular formula is C25H41N5O7. The Labute approximate surface area is 217 Å². The second-order valence-electron chi connectivity index (χ2n) is 9.57. The monoisotopic (exact) mass is 523 g/mol. The number of nitrogens with one attached hydrogen (secondary N) is 3. The van der Waals surface area contributed by atoms with Crippen LogP contribution in [0.1, 0.15) is 52.0 Å². The van der Waals surface area contributed by atoms with Gasteiger partial charge in [-0.1, -0.05) is 26.0 Å². The van der Waals surface area contributed by atoms with Crippen LogP contribution < -0.4 is 27.4 Å². The lowest BCUT2D eigenvalue weighted by molar-refractivity contribution is -0.142.